The van der Waals surface area contributed by atoms with Gasteiger partial charge in [-0.3, -0.25) is 0 Å². The highest BCUT2D eigenvalue weighted by molar-refractivity contribution is 6.31. The molecule has 4 nitrogen and oxygen atoms in total. The first kappa shape index (κ1) is 20.7. The van der Waals surface area contributed by atoms with Crippen LogP contribution < -0.4 is 10.1 Å². The van der Waals surface area contributed by atoms with Crippen molar-refractivity contribution in [3.8, 4) is 5.75 Å². The average Bonchev–Trinajstić information content (AvgIpc) is 2.67. The van der Waals surface area contributed by atoms with Crippen molar-refractivity contribution in [1.29, 1.82) is 0 Å². The van der Waals surface area contributed by atoms with Crippen molar-refractivity contribution in [2.45, 2.75) is 39.2 Å². The molecule has 2 aromatic carbocycles. The number of nitrogens with zero attached hydrogens (tertiary/aromatic N) is 2. The van der Waals surface area contributed by atoms with Gasteiger partial charge in [0.15, 0.2) is 0 Å². The van der Waals surface area contributed by atoms with Crippen molar-refractivity contribution < 1.29 is 4.74 Å². The average molecular weight is 400 g/mol. The lowest BCUT2D eigenvalue weighted by Crippen LogP contribution is -2.23. The van der Waals surface area contributed by atoms with Gasteiger partial charge >= 0.3 is 0 Å². The highest BCUT2D eigenvalue weighted by Crippen LogP contribution is 2.34. The van der Waals surface area contributed by atoms with Gasteiger partial charge in [-0.25, -0.2) is 4.98 Å². The number of fused-ring (bicyclic) bond motifs is 2. The molecule has 3 rings (SSSR count). The molecular weight excluding hydrogens is 370 g/mol. The molecule has 1 atom stereocenters. The Balaban J connectivity index is 1.90. The van der Waals surface area contributed by atoms with Crippen LogP contribution in [0, 0.1) is 0 Å². The van der Waals surface area contributed by atoms with Crippen LogP contribution in [-0.4, -0.2) is 43.2 Å². The van der Waals surface area contributed by atoms with Crippen molar-refractivity contribution in [2.75, 3.05) is 32.6 Å². The highest BCUT2D eigenvalue weighted by Gasteiger charge is 2.13. The van der Waals surface area contributed by atoms with E-state index in [0.29, 0.717) is 11.1 Å². The number of ether oxygens (including phenoxy) is 1. The van der Waals surface area contributed by atoms with E-state index < -0.39 is 0 Å². The van der Waals surface area contributed by atoms with Crippen molar-refractivity contribution in [1.82, 2.24) is 9.88 Å². The van der Waals surface area contributed by atoms with E-state index in [9.17, 15) is 0 Å². The summed E-state index contributed by atoms with van der Waals surface area (Å²) in [6.45, 7) is 6.75. The third kappa shape index (κ3) is 4.86. The topological polar surface area (TPSA) is 37.4 Å². The summed E-state index contributed by atoms with van der Waals surface area (Å²) in [6.07, 6.45) is 3.47. The van der Waals surface area contributed by atoms with Gasteiger partial charge in [-0.05, 0) is 82.7 Å². The van der Waals surface area contributed by atoms with Crippen LogP contribution in [-0.2, 0) is 0 Å². The maximum absolute atomic E-state index is 6.21. The van der Waals surface area contributed by atoms with Crippen molar-refractivity contribution in [3.05, 3.63) is 41.4 Å². The lowest BCUT2D eigenvalue weighted by Gasteiger charge is -2.21. The number of anilines is 1. The molecule has 5 heteroatoms. The van der Waals surface area contributed by atoms with Crippen molar-refractivity contribution in [3.63, 3.8) is 0 Å². The van der Waals surface area contributed by atoms with Gasteiger partial charge in [0, 0.05) is 21.8 Å². The van der Waals surface area contributed by atoms with Crippen LogP contribution in [0.25, 0.3) is 21.8 Å². The lowest BCUT2D eigenvalue weighted by atomic mass is 10.1. The summed E-state index contributed by atoms with van der Waals surface area (Å²) in [7, 11) is 3.89. The van der Waals surface area contributed by atoms with Gasteiger partial charge in [0.1, 0.15) is 5.75 Å². The smallest absolute Gasteiger partial charge is 0.119 e. The molecule has 0 aliphatic carbocycles. The zero-order valence-electron chi connectivity index (χ0n) is 17.3. The van der Waals surface area contributed by atoms with Crippen LogP contribution in [0.1, 0.15) is 33.1 Å². The van der Waals surface area contributed by atoms with Gasteiger partial charge in [0.05, 0.1) is 23.8 Å². The number of rotatable bonds is 9. The summed E-state index contributed by atoms with van der Waals surface area (Å²) >= 11 is 6.21. The number of methoxy groups -OCH3 is 1. The Hall–Kier alpha value is -2.04. The van der Waals surface area contributed by atoms with Crippen LogP contribution in [0.15, 0.2) is 36.4 Å². The molecule has 0 fully saturated rings. The molecule has 0 saturated heterocycles. The predicted molar refractivity (Wildman–Crippen MR) is 121 cm³/mol. The number of halogens is 1. The molecule has 0 aliphatic heterocycles. The minimum Gasteiger partial charge on any atom is -0.497 e. The van der Waals surface area contributed by atoms with Gasteiger partial charge < -0.3 is 15.0 Å². The first-order valence-electron chi connectivity index (χ1n) is 10.0. The third-order valence-corrected chi connectivity index (χ3v) is 5.35. The molecular formula is C23H30ClN3O. The second-order valence-electron chi connectivity index (χ2n) is 7.52. The van der Waals surface area contributed by atoms with Gasteiger partial charge in [-0.2, -0.15) is 0 Å². The van der Waals surface area contributed by atoms with Gasteiger partial charge in [0.25, 0.3) is 0 Å². The molecule has 150 valence electrons. The summed E-state index contributed by atoms with van der Waals surface area (Å²) in [5, 5.41) is 6.60. The van der Waals surface area contributed by atoms with Gasteiger partial charge in [0.2, 0.25) is 0 Å². The van der Waals surface area contributed by atoms with E-state index in [1.807, 2.05) is 30.3 Å². The Kier molecular flexibility index (Phi) is 6.97. The fourth-order valence-corrected chi connectivity index (χ4v) is 3.82. The molecule has 0 amide bonds. The van der Waals surface area contributed by atoms with E-state index in [1.165, 1.54) is 12.8 Å². The Morgan fingerprint density at radius 1 is 1.11 bits per heavy atom. The fraction of sp³-hybridized carbons (Fsp3) is 0.435. The zero-order valence-corrected chi connectivity index (χ0v) is 18.0. The highest BCUT2D eigenvalue weighted by atomic mass is 35.5. The molecule has 28 heavy (non-hydrogen) atoms. The Morgan fingerprint density at radius 3 is 2.68 bits per heavy atom. The van der Waals surface area contributed by atoms with Gasteiger partial charge in [-0.15, -0.1) is 0 Å². The summed E-state index contributed by atoms with van der Waals surface area (Å²) in [5.74, 6) is 0.833. The van der Waals surface area contributed by atoms with Crippen LogP contribution in [0.2, 0.25) is 5.02 Å². The summed E-state index contributed by atoms with van der Waals surface area (Å²) < 4.78 is 5.45. The predicted octanol–water partition coefficient (Wildman–Crippen LogP) is 5.97. The SMILES string of the molecule is CCCN(C)CCCC(C)Nc1c2ccc(Cl)cc2nc2ccc(OC)cc12. The largest absolute Gasteiger partial charge is 0.497 e. The second-order valence-corrected chi connectivity index (χ2v) is 7.96. The number of benzene rings is 2. The van der Waals surface area contributed by atoms with E-state index in [-0.39, 0.29) is 0 Å². The molecule has 0 aliphatic rings. The normalized spacial score (nSPS) is 12.6. The van der Waals surface area contributed by atoms with E-state index in [4.69, 9.17) is 21.3 Å². The Labute approximate surface area is 172 Å². The quantitative estimate of drug-likeness (QED) is 0.449. The van der Waals surface area contributed by atoms with E-state index in [1.54, 1.807) is 7.11 Å². The maximum atomic E-state index is 6.21. The van der Waals surface area contributed by atoms with Crippen LogP contribution >= 0.6 is 11.6 Å². The number of pyridine rings is 1. The van der Waals surface area contributed by atoms with E-state index in [2.05, 4.69) is 37.2 Å². The van der Waals surface area contributed by atoms with E-state index >= 15 is 0 Å². The molecule has 3 aromatic rings. The summed E-state index contributed by atoms with van der Waals surface area (Å²) in [6, 6.07) is 12.3. The molecule has 1 aromatic heterocycles. The number of nitrogens with one attached hydrogen (secondary N) is 1. The minimum absolute atomic E-state index is 0.353. The minimum atomic E-state index is 0.353. The number of hydrogen-bond donors (Lipinski definition) is 1. The Bertz CT molecular complexity index is 944. The second kappa shape index (κ2) is 9.44. The number of aromatic nitrogens is 1. The fourth-order valence-electron chi connectivity index (χ4n) is 3.66. The first-order valence-corrected chi connectivity index (χ1v) is 10.4. The standard InChI is InChI=1S/C23H30ClN3O/c1-5-12-27(3)13-6-7-16(2)25-23-19-10-8-17(24)14-22(19)26-21-11-9-18(28-4)15-20(21)23/h8-11,14-16H,5-7,12-13H2,1-4H3,(H,25,26). The molecule has 0 saturated carbocycles. The zero-order chi connectivity index (χ0) is 20.1. The third-order valence-electron chi connectivity index (χ3n) is 5.12. The number of hydrogen-bond acceptors (Lipinski definition) is 4. The molecule has 1 N–H and O–H groups in total. The van der Waals surface area contributed by atoms with Gasteiger partial charge in [-0.1, -0.05) is 18.5 Å². The Morgan fingerprint density at radius 2 is 1.93 bits per heavy atom. The lowest BCUT2D eigenvalue weighted by molar-refractivity contribution is 0.324. The molecule has 1 unspecified atom stereocenters. The van der Waals surface area contributed by atoms with Crippen molar-refractivity contribution >= 4 is 39.1 Å². The summed E-state index contributed by atoms with van der Waals surface area (Å²) in [5.41, 5.74) is 2.94. The summed E-state index contributed by atoms with van der Waals surface area (Å²) in [4.78, 5) is 7.20. The van der Waals surface area contributed by atoms with Crippen LogP contribution in [0.5, 0.6) is 5.75 Å². The molecule has 0 bridgehead atoms. The first-order chi connectivity index (χ1) is 13.5. The van der Waals surface area contributed by atoms with E-state index in [0.717, 1.165) is 52.8 Å². The van der Waals surface area contributed by atoms with Crippen LogP contribution in [0.3, 0.4) is 0 Å². The van der Waals surface area contributed by atoms with Crippen LogP contribution in [0.4, 0.5) is 5.69 Å². The monoisotopic (exact) mass is 399 g/mol. The maximum Gasteiger partial charge on any atom is 0.119 e. The molecule has 0 spiro atoms. The molecule has 1 heterocycles. The molecule has 0 radical (unpaired) electrons. The van der Waals surface area contributed by atoms with Crippen molar-refractivity contribution in [2.24, 2.45) is 0 Å².